The van der Waals surface area contributed by atoms with Crippen LogP contribution >= 0.6 is 11.3 Å². The largest absolute Gasteiger partial charge is 0.417 e. The third-order valence-electron chi connectivity index (χ3n) is 5.48. The first-order chi connectivity index (χ1) is 15.4. The van der Waals surface area contributed by atoms with Crippen molar-refractivity contribution in [3.8, 4) is 11.1 Å². The smallest absolute Gasteiger partial charge is 0.353 e. The van der Waals surface area contributed by atoms with E-state index in [0.29, 0.717) is 32.0 Å². The first-order valence-corrected chi connectivity index (χ1v) is 10.8. The maximum Gasteiger partial charge on any atom is 0.417 e. The first kappa shape index (κ1) is 20.6. The van der Waals surface area contributed by atoms with Crippen LogP contribution in [0.3, 0.4) is 0 Å². The molecular formula is C22H17F4N5S. The third-order valence-corrected chi connectivity index (χ3v) is 6.37. The molecule has 0 unspecified atom stereocenters. The van der Waals surface area contributed by atoms with Crippen molar-refractivity contribution in [3.05, 3.63) is 65.7 Å². The summed E-state index contributed by atoms with van der Waals surface area (Å²) >= 11 is 1.51. The van der Waals surface area contributed by atoms with E-state index in [-0.39, 0.29) is 5.82 Å². The zero-order valence-electron chi connectivity index (χ0n) is 16.7. The van der Waals surface area contributed by atoms with E-state index in [0.717, 1.165) is 39.4 Å². The summed E-state index contributed by atoms with van der Waals surface area (Å²) in [6.07, 6.45) is -1.99. The van der Waals surface area contributed by atoms with Crippen LogP contribution in [0.4, 0.5) is 29.2 Å². The Bertz CT molecular complexity index is 1230. The summed E-state index contributed by atoms with van der Waals surface area (Å²) in [6.45, 7) is 2.46. The van der Waals surface area contributed by atoms with Gasteiger partial charge < -0.3 is 9.80 Å². The molecule has 5 nitrogen and oxygen atoms in total. The number of anilines is 2. The Balaban J connectivity index is 1.38. The lowest BCUT2D eigenvalue weighted by Gasteiger charge is -2.36. The molecule has 1 aliphatic rings. The number of rotatable bonds is 3. The molecule has 0 bridgehead atoms. The van der Waals surface area contributed by atoms with Crippen LogP contribution in [-0.2, 0) is 6.18 Å². The lowest BCUT2D eigenvalue weighted by atomic mass is 10.1. The van der Waals surface area contributed by atoms with Gasteiger partial charge in [0.05, 0.1) is 10.9 Å². The number of benzene rings is 1. The Kier molecular flexibility index (Phi) is 5.16. The maximum absolute atomic E-state index is 13.4. The van der Waals surface area contributed by atoms with Crippen LogP contribution in [0.2, 0.25) is 0 Å². The molecule has 0 N–H and O–H groups in total. The minimum atomic E-state index is -4.40. The summed E-state index contributed by atoms with van der Waals surface area (Å²) in [4.78, 5) is 17.9. The standard InChI is InChI=1S/C22H17F4N5S/c23-16-4-1-14(2-5-16)17-12-32-21-19(17)20(28-13-29-21)31-9-7-30(8-10-31)18-6-3-15(11-27-18)22(24,25)26/h1-6,11-13H,7-10H2. The average molecular weight is 459 g/mol. The molecule has 0 spiro atoms. The average Bonchev–Trinajstić information content (AvgIpc) is 3.24. The van der Waals surface area contributed by atoms with E-state index in [1.165, 1.54) is 35.9 Å². The van der Waals surface area contributed by atoms with Crippen LogP contribution in [0.15, 0.2) is 54.3 Å². The van der Waals surface area contributed by atoms with E-state index < -0.39 is 11.7 Å². The molecule has 1 aromatic carbocycles. The van der Waals surface area contributed by atoms with Gasteiger partial charge >= 0.3 is 6.18 Å². The monoisotopic (exact) mass is 459 g/mol. The molecule has 0 saturated carbocycles. The SMILES string of the molecule is Fc1ccc(-c2csc3ncnc(N4CCN(c5ccc(C(F)(F)F)cn5)CC4)c23)cc1. The van der Waals surface area contributed by atoms with E-state index >= 15 is 0 Å². The predicted molar refractivity (Wildman–Crippen MR) is 116 cm³/mol. The number of piperazine rings is 1. The summed E-state index contributed by atoms with van der Waals surface area (Å²) in [5.74, 6) is 1.03. The molecule has 0 radical (unpaired) electrons. The van der Waals surface area contributed by atoms with Crippen molar-refractivity contribution in [2.24, 2.45) is 0 Å². The molecule has 1 saturated heterocycles. The van der Waals surface area contributed by atoms with Crippen molar-refractivity contribution >= 4 is 33.2 Å². The van der Waals surface area contributed by atoms with Gasteiger partial charge in [-0.15, -0.1) is 11.3 Å². The summed E-state index contributed by atoms with van der Waals surface area (Å²) < 4.78 is 51.7. The number of fused-ring (bicyclic) bond motifs is 1. The number of pyridine rings is 1. The highest BCUT2D eigenvalue weighted by atomic mass is 32.1. The number of hydrogen-bond donors (Lipinski definition) is 0. The second-order valence-electron chi connectivity index (χ2n) is 7.41. The Morgan fingerprint density at radius 3 is 2.22 bits per heavy atom. The van der Waals surface area contributed by atoms with Gasteiger partial charge in [0.25, 0.3) is 0 Å². The summed E-state index contributed by atoms with van der Waals surface area (Å²) in [6, 6.07) is 8.80. The third kappa shape index (κ3) is 3.86. The molecule has 3 aromatic heterocycles. The fourth-order valence-electron chi connectivity index (χ4n) is 3.83. The van der Waals surface area contributed by atoms with Crippen LogP contribution in [0, 0.1) is 5.82 Å². The van der Waals surface area contributed by atoms with Crippen LogP contribution < -0.4 is 9.80 Å². The van der Waals surface area contributed by atoms with Crippen molar-refractivity contribution in [1.29, 1.82) is 0 Å². The Morgan fingerprint density at radius 1 is 0.844 bits per heavy atom. The topological polar surface area (TPSA) is 45.2 Å². The normalized spacial score (nSPS) is 14.9. The van der Waals surface area contributed by atoms with Gasteiger partial charge in [0.2, 0.25) is 0 Å². The molecule has 1 fully saturated rings. The molecule has 10 heteroatoms. The summed E-state index contributed by atoms with van der Waals surface area (Å²) in [7, 11) is 0. The van der Waals surface area contributed by atoms with Gasteiger partial charge in [-0.1, -0.05) is 12.1 Å². The fraction of sp³-hybridized carbons (Fsp3) is 0.227. The van der Waals surface area contributed by atoms with Crippen LogP contribution in [-0.4, -0.2) is 41.1 Å². The highest BCUT2D eigenvalue weighted by molar-refractivity contribution is 7.17. The Morgan fingerprint density at radius 2 is 1.56 bits per heavy atom. The van der Waals surface area contributed by atoms with Crippen LogP contribution in [0.25, 0.3) is 21.3 Å². The molecule has 0 amide bonds. The van der Waals surface area contributed by atoms with E-state index in [9.17, 15) is 17.6 Å². The highest BCUT2D eigenvalue weighted by Gasteiger charge is 2.31. The second kappa shape index (κ2) is 8.01. The summed E-state index contributed by atoms with van der Waals surface area (Å²) in [5, 5.41) is 2.92. The van der Waals surface area contributed by atoms with E-state index in [2.05, 4.69) is 19.9 Å². The summed E-state index contributed by atoms with van der Waals surface area (Å²) in [5.41, 5.74) is 1.09. The molecule has 4 aromatic rings. The van der Waals surface area contributed by atoms with Gasteiger partial charge in [-0.3, -0.25) is 0 Å². The van der Waals surface area contributed by atoms with E-state index in [4.69, 9.17) is 0 Å². The van der Waals surface area contributed by atoms with Gasteiger partial charge in [-0.2, -0.15) is 13.2 Å². The highest BCUT2D eigenvalue weighted by Crippen LogP contribution is 2.38. The van der Waals surface area contributed by atoms with Crippen LogP contribution in [0.1, 0.15) is 5.56 Å². The number of thiophene rings is 1. The number of alkyl halides is 3. The minimum absolute atomic E-state index is 0.294. The molecule has 164 valence electrons. The van der Waals surface area contributed by atoms with Gasteiger partial charge in [0.15, 0.2) is 0 Å². The zero-order chi connectivity index (χ0) is 22.3. The zero-order valence-corrected chi connectivity index (χ0v) is 17.5. The van der Waals surface area contributed by atoms with Gasteiger partial charge in [0, 0.05) is 43.3 Å². The van der Waals surface area contributed by atoms with Crippen molar-refractivity contribution < 1.29 is 17.6 Å². The Labute approximate surface area is 185 Å². The molecular weight excluding hydrogens is 442 g/mol. The number of hydrogen-bond acceptors (Lipinski definition) is 6. The lowest BCUT2D eigenvalue weighted by molar-refractivity contribution is -0.137. The number of halogens is 4. The quantitative estimate of drug-likeness (QED) is 0.392. The molecule has 4 heterocycles. The van der Waals surface area contributed by atoms with E-state index in [1.807, 2.05) is 10.3 Å². The molecule has 1 aliphatic heterocycles. The minimum Gasteiger partial charge on any atom is -0.353 e. The molecule has 32 heavy (non-hydrogen) atoms. The lowest BCUT2D eigenvalue weighted by Crippen LogP contribution is -2.47. The Hall–Kier alpha value is -3.27. The predicted octanol–water partition coefficient (Wildman–Crippen LogP) is 5.24. The number of nitrogens with zero attached hydrogens (tertiary/aromatic N) is 5. The molecule has 0 atom stereocenters. The van der Waals surface area contributed by atoms with Crippen molar-refractivity contribution in [2.45, 2.75) is 6.18 Å². The second-order valence-corrected chi connectivity index (χ2v) is 8.27. The van der Waals surface area contributed by atoms with Gasteiger partial charge in [0.1, 0.15) is 28.6 Å². The fourth-order valence-corrected chi connectivity index (χ4v) is 4.74. The van der Waals surface area contributed by atoms with Crippen molar-refractivity contribution in [1.82, 2.24) is 15.0 Å². The van der Waals surface area contributed by atoms with Crippen molar-refractivity contribution in [2.75, 3.05) is 36.0 Å². The van der Waals surface area contributed by atoms with Gasteiger partial charge in [-0.25, -0.2) is 19.3 Å². The van der Waals surface area contributed by atoms with Crippen LogP contribution in [0.5, 0.6) is 0 Å². The molecule has 0 aliphatic carbocycles. The van der Waals surface area contributed by atoms with Crippen molar-refractivity contribution in [3.63, 3.8) is 0 Å². The van der Waals surface area contributed by atoms with E-state index in [1.54, 1.807) is 12.1 Å². The number of aromatic nitrogens is 3. The molecule has 5 rings (SSSR count). The maximum atomic E-state index is 13.4. The van der Waals surface area contributed by atoms with Gasteiger partial charge in [-0.05, 0) is 29.8 Å². The first-order valence-electron chi connectivity index (χ1n) is 9.91.